The van der Waals surface area contributed by atoms with Gasteiger partial charge in [0.05, 0.1) is 33.7 Å². The van der Waals surface area contributed by atoms with E-state index in [1.54, 1.807) is 31.2 Å². The number of fused-ring (bicyclic) bond motifs is 1. The molecule has 0 saturated carbocycles. The number of aryl methyl sites for hydroxylation is 1. The van der Waals surface area contributed by atoms with E-state index < -0.39 is 30.2 Å². The lowest BCUT2D eigenvalue weighted by Crippen LogP contribution is -2.22. The lowest BCUT2D eigenvalue weighted by molar-refractivity contribution is -0.137. The molecule has 0 fully saturated rings. The topological polar surface area (TPSA) is 99.0 Å². The van der Waals surface area contributed by atoms with Crippen molar-refractivity contribution in [2.45, 2.75) is 13.1 Å². The summed E-state index contributed by atoms with van der Waals surface area (Å²) in [7, 11) is 0. The van der Waals surface area contributed by atoms with E-state index in [1.165, 1.54) is 17.3 Å². The van der Waals surface area contributed by atoms with E-state index in [9.17, 15) is 22.8 Å². The zero-order valence-electron chi connectivity index (χ0n) is 17.4. The van der Waals surface area contributed by atoms with E-state index in [0.29, 0.717) is 21.6 Å². The van der Waals surface area contributed by atoms with Gasteiger partial charge in [0.15, 0.2) is 6.61 Å². The van der Waals surface area contributed by atoms with E-state index in [4.69, 9.17) is 16.3 Å². The van der Waals surface area contributed by atoms with Crippen LogP contribution < -0.4 is 5.32 Å². The number of hydrogen-bond donors (Lipinski definition) is 1. The monoisotopic (exact) mass is 489 g/mol. The summed E-state index contributed by atoms with van der Waals surface area (Å²) >= 11 is 5.98. The summed E-state index contributed by atoms with van der Waals surface area (Å²) in [4.78, 5) is 33.0. The van der Waals surface area contributed by atoms with E-state index in [0.717, 1.165) is 18.2 Å². The fourth-order valence-corrected chi connectivity index (χ4v) is 3.37. The second kappa shape index (κ2) is 9.10. The molecule has 0 aliphatic carbocycles. The number of esters is 1. The number of hydrogen-bond acceptors (Lipinski definition) is 6. The number of ether oxygens (including phenoxy) is 1. The molecule has 174 valence electrons. The van der Waals surface area contributed by atoms with Crippen molar-refractivity contribution in [3.05, 3.63) is 77.0 Å². The summed E-state index contributed by atoms with van der Waals surface area (Å²) in [6.45, 7) is 0.872. The van der Waals surface area contributed by atoms with Crippen molar-refractivity contribution in [1.29, 1.82) is 0 Å². The Morgan fingerprint density at radius 2 is 1.94 bits per heavy atom. The predicted molar refractivity (Wildman–Crippen MR) is 117 cm³/mol. The molecule has 0 atom stereocenters. The average Bonchev–Trinajstić information content (AvgIpc) is 3.31. The first kappa shape index (κ1) is 23.2. The molecule has 2 heterocycles. The molecule has 0 saturated heterocycles. The smallest absolute Gasteiger partial charge is 0.416 e. The van der Waals surface area contributed by atoms with Crippen molar-refractivity contribution in [3.63, 3.8) is 0 Å². The first-order valence-electron chi connectivity index (χ1n) is 9.72. The summed E-state index contributed by atoms with van der Waals surface area (Å²) in [6.07, 6.45) is -2.17. The number of pyridine rings is 1. The summed E-state index contributed by atoms with van der Waals surface area (Å²) in [6, 6.07) is 9.31. The maximum absolute atomic E-state index is 13.2. The third-order valence-corrected chi connectivity index (χ3v) is 5.02. The average molecular weight is 490 g/mol. The molecule has 12 heteroatoms. The first-order valence-corrected chi connectivity index (χ1v) is 10.1. The molecule has 2 aromatic carbocycles. The van der Waals surface area contributed by atoms with Crippen molar-refractivity contribution in [1.82, 2.24) is 19.7 Å². The van der Waals surface area contributed by atoms with Crippen molar-refractivity contribution >= 4 is 40.1 Å². The van der Waals surface area contributed by atoms with Gasteiger partial charge in [0.2, 0.25) is 0 Å². The Morgan fingerprint density at radius 3 is 2.65 bits per heavy atom. The number of rotatable bonds is 5. The summed E-state index contributed by atoms with van der Waals surface area (Å²) in [5.74, 6) is -1.66. The minimum absolute atomic E-state index is 0.130. The Hall–Kier alpha value is -3.99. The zero-order chi connectivity index (χ0) is 24.5. The highest BCUT2D eigenvalue weighted by molar-refractivity contribution is 6.31. The van der Waals surface area contributed by atoms with Gasteiger partial charge < -0.3 is 10.1 Å². The zero-order valence-corrected chi connectivity index (χ0v) is 18.2. The molecule has 0 aliphatic rings. The number of carbonyl (C=O) groups excluding carboxylic acids is 2. The standard InChI is InChI=1S/C22H15ClF3N5O3/c1-12-16(7-13-6-15(23)3-4-17(13)29-12)21(33)34-9-20(32)30-18-8-14(22(24,25)26)2-5-19(18)31-11-27-10-28-31/h2-8,10-11H,9H2,1H3,(H,30,32). The van der Waals surface area contributed by atoms with Crippen LogP contribution in [-0.2, 0) is 15.7 Å². The fourth-order valence-electron chi connectivity index (χ4n) is 3.19. The molecule has 0 spiro atoms. The fraction of sp³-hybridized carbons (Fsp3) is 0.136. The van der Waals surface area contributed by atoms with Gasteiger partial charge in [0, 0.05) is 10.4 Å². The van der Waals surface area contributed by atoms with Gasteiger partial charge in [-0.2, -0.15) is 18.3 Å². The van der Waals surface area contributed by atoms with E-state index in [2.05, 4.69) is 20.4 Å². The largest absolute Gasteiger partial charge is 0.452 e. The van der Waals surface area contributed by atoms with Crippen molar-refractivity contribution in [2.24, 2.45) is 0 Å². The van der Waals surface area contributed by atoms with E-state index in [1.807, 2.05) is 0 Å². The molecule has 2 aromatic heterocycles. The highest BCUT2D eigenvalue weighted by Crippen LogP contribution is 2.33. The van der Waals surface area contributed by atoms with Gasteiger partial charge in [-0.25, -0.2) is 14.5 Å². The number of nitrogens with zero attached hydrogens (tertiary/aromatic N) is 4. The minimum Gasteiger partial charge on any atom is -0.452 e. The molecule has 0 aliphatic heterocycles. The van der Waals surface area contributed by atoms with Crippen molar-refractivity contribution < 1.29 is 27.5 Å². The molecule has 8 nitrogen and oxygen atoms in total. The van der Waals surface area contributed by atoms with Gasteiger partial charge in [-0.05, 0) is 49.4 Å². The Balaban J connectivity index is 1.51. The summed E-state index contributed by atoms with van der Waals surface area (Å²) in [5, 5.41) is 7.27. The molecule has 1 amide bonds. The third kappa shape index (κ3) is 4.99. The van der Waals surface area contributed by atoms with Crippen molar-refractivity contribution in [2.75, 3.05) is 11.9 Å². The van der Waals surface area contributed by atoms with Gasteiger partial charge in [-0.15, -0.1) is 0 Å². The predicted octanol–water partition coefficient (Wildman–Crippen LogP) is 4.59. The van der Waals surface area contributed by atoms with Crippen LogP contribution in [0, 0.1) is 6.92 Å². The molecular formula is C22H15ClF3N5O3. The van der Waals surface area contributed by atoms with Crippen LogP contribution in [0.1, 0.15) is 21.6 Å². The second-order valence-electron chi connectivity index (χ2n) is 7.15. The van der Waals surface area contributed by atoms with E-state index in [-0.39, 0.29) is 16.9 Å². The number of benzene rings is 2. The highest BCUT2D eigenvalue weighted by atomic mass is 35.5. The van der Waals surface area contributed by atoms with Crippen molar-refractivity contribution in [3.8, 4) is 5.69 Å². The SMILES string of the molecule is Cc1nc2ccc(Cl)cc2cc1C(=O)OCC(=O)Nc1cc(C(F)(F)F)ccc1-n1cncn1. The maximum atomic E-state index is 13.2. The normalized spacial score (nSPS) is 11.4. The number of halogens is 4. The molecule has 34 heavy (non-hydrogen) atoms. The summed E-state index contributed by atoms with van der Waals surface area (Å²) in [5.41, 5.74) is 0.134. The van der Waals surface area contributed by atoms with Gasteiger partial charge in [-0.3, -0.25) is 9.78 Å². The van der Waals surface area contributed by atoms with E-state index >= 15 is 0 Å². The van der Waals surface area contributed by atoms with Gasteiger partial charge >= 0.3 is 12.1 Å². The number of amides is 1. The van der Waals surface area contributed by atoms with Crippen LogP contribution in [0.25, 0.3) is 16.6 Å². The lowest BCUT2D eigenvalue weighted by Gasteiger charge is -2.14. The molecule has 4 aromatic rings. The van der Waals surface area contributed by atoms with Crippen LogP contribution in [-0.4, -0.2) is 38.2 Å². The molecule has 0 bridgehead atoms. The number of anilines is 1. The van der Waals surface area contributed by atoms with Crippen LogP contribution in [0.3, 0.4) is 0 Å². The second-order valence-corrected chi connectivity index (χ2v) is 7.59. The number of aromatic nitrogens is 4. The molecule has 0 radical (unpaired) electrons. The Bertz CT molecular complexity index is 1390. The van der Waals surface area contributed by atoms with Gasteiger partial charge in [-0.1, -0.05) is 11.6 Å². The van der Waals surface area contributed by atoms with Crippen LogP contribution in [0.5, 0.6) is 0 Å². The van der Waals surface area contributed by atoms with Crippen LogP contribution in [0.2, 0.25) is 5.02 Å². The van der Waals surface area contributed by atoms with Crippen LogP contribution >= 0.6 is 11.6 Å². The Morgan fingerprint density at radius 1 is 1.15 bits per heavy atom. The lowest BCUT2D eigenvalue weighted by atomic mass is 10.1. The highest BCUT2D eigenvalue weighted by Gasteiger charge is 2.31. The first-order chi connectivity index (χ1) is 16.1. The molecular weight excluding hydrogens is 475 g/mol. The van der Waals surface area contributed by atoms with Crippen LogP contribution in [0.15, 0.2) is 55.1 Å². The third-order valence-electron chi connectivity index (χ3n) is 4.79. The minimum atomic E-state index is -4.63. The number of carbonyl (C=O) groups is 2. The maximum Gasteiger partial charge on any atom is 0.416 e. The summed E-state index contributed by atoms with van der Waals surface area (Å²) < 4.78 is 45.8. The quantitative estimate of drug-likeness (QED) is 0.412. The number of alkyl halides is 3. The Kier molecular flexibility index (Phi) is 6.20. The van der Waals surface area contributed by atoms with Gasteiger partial charge in [0.25, 0.3) is 5.91 Å². The molecule has 4 rings (SSSR count). The number of nitrogens with one attached hydrogen (secondary N) is 1. The van der Waals surface area contributed by atoms with Crippen LogP contribution in [0.4, 0.5) is 18.9 Å². The molecule has 1 N–H and O–H groups in total. The Labute approximate surface area is 195 Å². The van der Waals surface area contributed by atoms with Gasteiger partial charge in [0.1, 0.15) is 12.7 Å². The molecule has 0 unspecified atom stereocenters.